The van der Waals surface area contributed by atoms with Gasteiger partial charge in [-0.1, -0.05) is 0 Å². The zero-order valence-electron chi connectivity index (χ0n) is 9.70. The Morgan fingerprint density at radius 1 is 1.41 bits per heavy atom. The highest BCUT2D eigenvalue weighted by Crippen LogP contribution is 2.38. The van der Waals surface area contributed by atoms with Crippen LogP contribution in [0.5, 0.6) is 0 Å². The van der Waals surface area contributed by atoms with Gasteiger partial charge in [0.15, 0.2) is 0 Å². The number of rotatable bonds is 1. The van der Waals surface area contributed by atoms with Crippen LogP contribution >= 0.6 is 0 Å². The molecule has 1 aliphatic rings. The molecule has 0 fully saturated rings. The third-order valence-electron chi connectivity index (χ3n) is 2.98. The van der Waals surface area contributed by atoms with Crippen LogP contribution in [0.2, 0.25) is 0 Å². The maximum absolute atomic E-state index is 11.6. The highest BCUT2D eigenvalue weighted by atomic mass is 16.7. The van der Waals surface area contributed by atoms with E-state index < -0.39 is 17.7 Å². The number of carboxylic acid groups (broad SMARTS) is 1. The lowest BCUT2D eigenvalue weighted by atomic mass is 9.91. The number of hydrogen-bond acceptors (Lipinski definition) is 4. The number of aromatic carboxylic acids is 1. The molecule has 1 atom stereocenters. The first-order valence-electron chi connectivity index (χ1n) is 5.09. The Morgan fingerprint density at radius 3 is 2.53 bits per heavy atom. The summed E-state index contributed by atoms with van der Waals surface area (Å²) in [5.74, 6) is -3.47. The topological polar surface area (TPSA) is 83.8 Å². The maximum Gasteiger partial charge on any atom is 0.341 e. The van der Waals surface area contributed by atoms with Crippen molar-refractivity contribution in [1.29, 1.82) is 0 Å². The van der Waals surface area contributed by atoms with Crippen molar-refractivity contribution in [2.45, 2.75) is 26.6 Å². The van der Waals surface area contributed by atoms with Crippen LogP contribution in [0.15, 0.2) is 6.07 Å². The van der Waals surface area contributed by atoms with Gasteiger partial charge in [0, 0.05) is 12.5 Å². The number of benzene rings is 1. The molecule has 0 aromatic heterocycles. The molecule has 0 saturated carbocycles. The van der Waals surface area contributed by atoms with Crippen molar-refractivity contribution in [3.63, 3.8) is 0 Å². The van der Waals surface area contributed by atoms with Crippen molar-refractivity contribution in [3.8, 4) is 0 Å². The fourth-order valence-electron chi connectivity index (χ4n) is 2.23. The molecule has 0 aliphatic carbocycles. The summed E-state index contributed by atoms with van der Waals surface area (Å²) >= 11 is 0. The van der Waals surface area contributed by atoms with Gasteiger partial charge in [-0.25, -0.2) is 9.59 Å². The second-order valence-electron chi connectivity index (χ2n) is 4.29. The fraction of sp³-hybridized carbons (Fsp3) is 0.333. The summed E-state index contributed by atoms with van der Waals surface area (Å²) in [6.07, 6.45) is 0. The van der Waals surface area contributed by atoms with Crippen molar-refractivity contribution in [1.82, 2.24) is 0 Å². The third kappa shape index (κ3) is 1.51. The molecule has 5 heteroatoms. The van der Waals surface area contributed by atoms with Crippen LogP contribution < -0.4 is 0 Å². The molecule has 0 amide bonds. The highest BCUT2D eigenvalue weighted by molar-refractivity contribution is 6.01. The molecule has 5 nitrogen and oxygen atoms in total. The van der Waals surface area contributed by atoms with Gasteiger partial charge < -0.3 is 14.9 Å². The summed E-state index contributed by atoms with van der Waals surface area (Å²) in [5, 5.41) is 19.0. The van der Waals surface area contributed by atoms with Crippen LogP contribution in [-0.4, -0.2) is 22.2 Å². The summed E-state index contributed by atoms with van der Waals surface area (Å²) in [7, 11) is 0. The highest BCUT2D eigenvalue weighted by Gasteiger charge is 2.42. The number of fused-ring (bicyclic) bond motifs is 1. The van der Waals surface area contributed by atoms with E-state index in [-0.39, 0.29) is 11.1 Å². The molecule has 1 unspecified atom stereocenters. The van der Waals surface area contributed by atoms with Crippen LogP contribution in [0.4, 0.5) is 0 Å². The predicted octanol–water partition coefficient (Wildman–Crippen LogP) is 1.34. The standard InChI is InChI=1S/C12H12O5/c1-5-4-7-9(6(2)8(5)10(13)14)11(15)17-12(7,3)16/h4,16H,1-3H3,(H,13,14). The molecule has 1 heterocycles. The molecule has 0 saturated heterocycles. The Kier molecular flexibility index (Phi) is 2.26. The number of aliphatic hydroxyl groups is 1. The van der Waals surface area contributed by atoms with Gasteiger partial charge in [-0.3, -0.25) is 0 Å². The summed E-state index contributed by atoms with van der Waals surface area (Å²) in [6, 6.07) is 1.48. The second-order valence-corrected chi connectivity index (χ2v) is 4.29. The molecule has 17 heavy (non-hydrogen) atoms. The van der Waals surface area contributed by atoms with Crippen LogP contribution in [0.25, 0.3) is 0 Å². The van der Waals surface area contributed by atoms with Crippen LogP contribution in [-0.2, 0) is 10.5 Å². The van der Waals surface area contributed by atoms with Crippen molar-refractivity contribution in [2.24, 2.45) is 0 Å². The molecule has 90 valence electrons. The molecular formula is C12H12O5. The maximum atomic E-state index is 11.6. The van der Waals surface area contributed by atoms with Crippen molar-refractivity contribution in [2.75, 3.05) is 0 Å². The minimum atomic E-state index is -1.68. The van der Waals surface area contributed by atoms with Gasteiger partial charge in [0.2, 0.25) is 5.79 Å². The number of ether oxygens (including phenoxy) is 1. The predicted molar refractivity (Wildman–Crippen MR) is 57.9 cm³/mol. The smallest absolute Gasteiger partial charge is 0.341 e. The van der Waals surface area contributed by atoms with Crippen molar-refractivity contribution in [3.05, 3.63) is 33.9 Å². The number of aryl methyl sites for hydroxylation is 1. The van der Waals surface area contributed by atoms with Gasteiger partial charge in [-0.2, -0.15) is 0 Å². The van der Waals surface area contributed by atoms with E-state index in [9.17, 15) is 14.7 Å². The van der Waals surface area contributed by atoms with Gasteiger partial charge in [0.25, 0.3) is 0 Å². The lowest BCUT2D eigenvalue weighted by Gasteiger charge is -2.17. The van der Waals surface area contributed by atoms with Gasteiger partial charge in [0.1, 0.15) is 0 Å². The van der Waals surface area contributed by atoms with E-state index in [1.54, 1.807) is 6.92 Å². The number of carbonyl (C=O) groups is 2. The zero-order valence-corrected chi connectivity index (χ0v) is 9.70. The van der Waals surface area contributed by atoms with E-state index in [0.717, 1.165) is 0 Å². The first-order valence-corrected chi connectivity index (χ1v) is 5.09. The normalized spacial score (nSPS) is 22.2. The summed E-state index contributed by atoms with van der Waals surface area (Å²) in [5.41, 5.74) is 1.38. The van der Waals surface area contributed by atoms with Crippen LogP contribution in [0.1, 0.15) is 44.3 Å². The molecule has 2 N–H and O–H groups in total. The van der Waals surface area contributed by atoms with E-state index in [1.165, 1.54) is 19.9 Å². The van der Waals surface area contributed by atoms with Gasteiger partial charge in [-0.05, 0) is 31.0 Å². The van der Waals surface area contributed by atoms with E-state index in [2.05, 4.69) is 0 Å². The van der Waals surface area contributed by atoms with E-state index >= 15 is 0 Å². The molecule has 0 radical (unpaired) electrons. The number of carboxylic acids is 1. The summed E-state index contributed by atoms with van der Waals surface area (Å²) in [4.78, 5) is 22.7. The first-order chi connectivity index (χ1) is 7.75. The third-order valence-corrected chi connectivity index (χ3v) is 2.98. The molecule has 1 aromatic carbocycles. The monoisotopic (exact) mass is 236 g/mol. The zero-order chi connectivity index (χ0) is 13.0. The Labute approximate surface area is 97.6 Å². The molecule has 2 rings (SSSR count). The average Bonchev–Trinajstić information content (AvgIpc) is 2.35. The van der Waals surface area contributed by atoms with Gasteiger partial charge in [-0.15, -0.1) is 0 Å². The molecule has 0 bridgehead atoms. The Bertz CT molecular complexity index is 542. The van der Waals surface area contributed by atoms with Crippen LogP contribution in [0.3, 0.4) is 0 Å². The summed E-state index contributed by atoms with van der Waals surface area (Å²) < 4.78 is 4.81. The molecular weight excluding hydrogens is 224 g/mol. The average molecular weight is 236 g/mol. The van der Waals surface area contributed by atoms with Gasteiger partial charge >= 0.3 is 11.9 Å². The minimum absolute atomic E-state index is 0.0819. The Balaban J connectivity index is 2.82. The Hall–Kier alpha value is -1.88. The lowest BCUT2D eigenvalue weighted by molar-refractivity contribution is -0.147. The largest absolute Gasteiger partial charge is 0.478 e. The van der Waals surface area contributed by atoms with E-state index in [4.69, 9.17) is 9.84 Å². The van der Waals surface area contributed by atoms with Crippen LogP contribution in [0, 0.1) is 13.8 Å². The van der Waals surface area contributed by atoms with Crippen molar-refractivity contribution < 1.29 is 24.5 Å². The number of carbonyl (C=O) groups excluding carboxylic acids is 1. The Morgan fingerprint density at radius 2 is 2.00 bits per heavy atom. The first kappa shape index (κ1) is 11.6. The number of cyclic esters (lactones) is 1. The fourth-order valence-corrected chi connectivity index (χ4v) is 2.23. The van der Waals surface area contributed by atoms with Crippen molar-refractivity contribution >= 4 is 11.9 Å². The van der Waals surface area contributed by atoms with E-state index in [1.807, 2.05) is 0 Å². The minimum Gasteiger partial charge on any atom is -0.478 e. The summed E-state index contributed by atoms with van der Waals surface area (Å²) in [6.45, 7) is 4.52. The molecule has 0 spiro atoms. The number of hydrogen-bond donors (Lipinski definition) is 2. The quantitative estimate of drug-likeness (QED) is 0.719. The lowest BCUT2D eigenvalue weighted by Crippen LogP contribution is -2.20. The number of esters is 1. The molecule has 1 aromatic rings. The van der Waals surface area contributed by atoms with Gasteiger partial charge in [0.05, 0.1) is 11.1 Å². The second kappa shape index (κ2) is 3.30. The SMILES string of the molecule is Cc1cc2c(c(C)c1C(=O)O)C(=O)OC2(C)O. The van der Waals surface area contributed by atoms with E-state index in [0.29, 0.717) is 16.7 Å². The molecule has 1 aliphatic heterocycles.